The van der Waals surface area contributed by atoms with Gasteiger partial charge < -0.3 is 99.8 Å². The van der Waals surface area contributed by atoms with Gasteiger partial charge in [-0.2, -0.15) is 0 Å². The van der Waals surface area contributed by atoms with E-state index in [0.29, 0.717) is 0 Å². The van der Waals surface area contributed by atoms with Gasteiger partial charge in [0.25, 0.3) is 0 Å². The first kappa shape index (κ1) is 38.5. The quantitative estimate of drug-likeness (QED) is 0.101. The maximum atomic E-state index is 11.9. The maximum absolute atomic E-state index is 11.9. The minimum atomic E-state index is -2.01. The first-order chi connectivity index (χ1) is 22.1. The Morgan fingerprint density at radius 3 is 1.62 bits per heavy atom. The monoisotopic (exact) mass is 691 g/mol. The van der Waals surface area contributed by atoms with Crippen LogP contribution in [-0.4, -0.2) is 210 Å². The van der Waals surface area contributed by atoms with Crippen LogP contribution in [0.2, 0.25) is 0 Å². The molecule has 21 heteroatoms. The van der Waals surface area contributed by atoms with Crippen LogP contribution in [0.25, 0.3) is 0 Å². The van der Waals surface area contributed by atoms with Crippen LogP contribution in [-0.2, 0) is 38.0 Å². The van der Waals surface area contributed by atoms with Crippen molar-refractivity contribution in [2.75, 3.05) is 19.8 Å². The van der Waals surface area contributed by atoms with Crippen molar-refractivity contribution in [3.8, 4) is 0 Å². The third-order valence-corrected chi connectivity index (χ3v) is 8.57. The number of ether oxygens (including phenoxy) is 7. The number of carbonyl (C=O) groups excluding carboxylic acids is 1. The number of aliphatic hydroxyl groups excluding tert-OH is 12. The van der Waals surface area contributed by atoms with Crippen LogP contribution in [0.1, 0.15) is 13.8 Å². The van der Waals surface area contributed by atoms with E-state index in [1.807, 2.05) is 0 Å². The highest BCUT2D eigenvalue weighted by molar-refractivity contribution is 5.73. The summed E-state index contributed by atoms with van der Waals surface area (Å²) in [5.41, 5.74) is 0. The summed E-state index contributed by atoms with van der Waals surface area (Å²) >= 11 is 0. The lowest BCUT2D eigenvalue weighted by molar-refractivity contribution is -0.396. The number of rotatable bonds is 10. The lowest BCUT2D eigenvalue weighted by Gasteiger charge is -2.50. The van der Waals surface area contributed by atoms with Crippen LogP contribution in [0.4, 0.5) is 0 Å². The number of hydrogen-bond acceptors (Lipinski definition) is 20. The lowest BCUT2D eigenvalue weighted by atomic mass is 9.94. The zero-order chi connectivity index (χ0) is 34.9. The molecule has 4 aliphatic rings. The normalized spacial score (nSPS) is 51.0. The molecule has 1 amide bonds. The SMILES string of the molecule is CC(=O)N[C@@H]1[C@@H](O[C@@H]2O[C@H](CO)[C@H](O[C@@H]3O[C@H](CO)[C@H](O)[C@H](O)[C@H]3O)[C@H](O)[C@H]2O[C@@H]2O[C@@H](C)[C@@H](O)[C@@H](O)[C@@H]2O)[C@@H](O)[C@@H](CO)O[C@@H]1O. The largest absolute Gasteiger partial charge is 0.394 e. The van der Waals surface area contributed by atoms with Gasteiger partial charge in [-0.05, 0) is 6.92 Å². The smallest absolute Gasteiger partial charge is 0.217 e. The Morgan fingerprint density at radius 1 is 0.553 bits per heavy atom. The van der Waals surface area contributed by atoms with E-state index in [9.17, 15) is 66.1 Å². The molecule has 0 spiro atoms. The highest BCUT2D eigenvalue weighted by Gasteiger charge is 2.56. The third-order valence-electron chi connectivity index (χ3n) is 8.57. The molecule has 0 unspecified atom stereocenters. The summed E-state index contributed by atoms with van der Waals surface area (Å²) < 4.78 is 39.2. The van der Waals surface area contributed by atoms with E-state index >= 15 is 0 Å². The first-order valence-corrected chi connectivity index (χ1v) is 15.0. The van der Waals surface area contributed by atoms with Crippen molar-refractivity contribution in [3.05, 3.63) is 0 Å². The van der Waals surface area contributed by atoms with Crippen molar-refractivity contribution in [1.29, 1.82) is 0 Å². The van der Waals surface area contributed by atoms with Crippen LogP contribution < -0.4 is 5.32 Å². The zero-order valence-electron chi connectivity index (χ0n) is 25.3. The van der Waals surface area contributed by atoms with Gasteiger partial charge in [0.05, 0.1) is 25.9 Å². The molecule has 0 aliphatic carbocycles. The maximum Gasteiger partial charge on any atom is 0.217 e. The number of amides is 1. The van der Waals surface area contributed by atoms with Gasteiger partial charge in [-0.1, -0.05) is 0 Å². The predicted octanol–water partition coefficient (Wildman–Crippen LogP) is -8.58. The molecule has 21 nitrogen and oxygen atoms in total. The highest BCUT2D eigenvalue weighted by atomic mass is 16.8. The van der Waals surface area contributed by atoms with Crippen LogP contribution in [0.15, 0.2) is 0 Å². The Morgan fingerprint density at radius 2 is 1.04 bits per heavy atom. The van der Waals surface area contributed by atoms with E-state index in [2.05, 4.69) is 5.32 Å². The number of hydrogen-bond donors (Lipinski definition) is 13. The Kier molecular flexibility index (Phi) is 13.2. The van der Waals surface area contributed by atoms with Gasteiger partial charge in [-0.25, -0.2) is 0 Å². The molecule has 4 saturated heterocycles. The summed E-state index contributed by atoms with van der Waals surface area (Å²) in [4.78, 5) is 11.9. The molecule has 13 N–H and O–H groups in total. The van der Waals surface area contributed by atoms with E-state index in [4.69, 9.17) is 33.2 Å². The number of aliphatic hydroxyl groups is 12. The van der Waals surface area contributed by atoms with E-state index in [-0.39, 0.29) is 0 Å². The molecular weight excluding hydrogens is 646 g/mol. The molecular formula is C26H45NO20. The molecule has 0 saturated carbocycles. The minimum Gasteiger partial charge on any atom is -0.394 e. The predicted molar refractivity (Wildman–Crippen MR) is 144 cm³/mol. The molecule has 4 heterocycles. The van der Waals surface area contributed by atoms with Crippen LogP contribution in [0, 0.1) is 0 Å². The fraction of sp³-hybridized carbons (Fsp3) is 0.962. The van der Waals surface area contributed by atoms with Gasteiger partial charge >= 0.3 is 0 Å². The van der Waals surface area contributed by atoms with Crippen molar-refractivity contribution >= 4 is 5.91 Å². The first-order valence-electron chi connectivity index (χ1n) is 15.0. The summed E-state index contributed by atoms with van der Waals surface area (Å²) in [5.74, 6) is -0.695. The third kappa shape index (κ3) is 8.04. The summed E-state index contributed by atoms with van der Waals surface area (Å²) in [6.07, 6.45) is -32.8. The molecule has 0 bridgehead atoms. The van der Waals surface area contributed by atoms with Gasteiger partial charge in [0.15, 0.2) is 25.2 Å². The van der Waals surface area contributed by atoms with E-state index < -0.39 is 148 Å². The van der Waals surface area contributed by atoms with Gasteiger partial charge in [-0.3, -0.25) is 4.79 Å². The fourth-order valence-electron chi connectivity index (χ4n) is 5.87. The van der Waals surface area contributed by atoms with Crippen LogP contribution >= 0.6 is 0 Å². The van der Waals surface area contributed by atoms with Crippen LogP contribution in [0.3, 0.4) is 0 Å². The van der Waals surface area contributed by atoms with Gasteiger partial charge in [-0.15, -0.1) is 0 Å². The molecule has 274 valence electrons. The average molecular weight is 692 g/mol. The molecule has 4 aliphatic heterocycles. The summed E-state index contributed by atoms with van der Waals surface area (Å²) in [7, 11) is 0. The van der Waals surface area contributed by atoms with E-state index in [1.54, 1.807) is 0 Å². The van der Waals surface area contributed by atoms with E-state index in [1.165, 1.54) is 6.92 Å². The molecule has 0 radical (unpaired) electrons. The van der Waals surface area contributed by atoms with Crippen LogP contribution in [0.5, 0.6) is 0 Å². The molecule has 47 heavy (non-hydrogen) atoms. The van der Waals surface area contributed by atoms with Crippen molar-refractivity contribution < 1.29 is 99.2 Å². The zero-order valence-corrected chi connectivity index (χ0v) is 25.3. The second-order valence-electron chi connectivity index (χ2n) is 11.9. The Labute approximate surface area is 267 Å². The van der Waals surface area contributed by atoms with Gasteiger partial charge in [0.2, 0.25) is 5.91 Å². The summed E-state index contributed by atoms with van der Waals surface area (Å²) in [6, 6.07) is -1.50. The molecule has 4 fully saturated rings. The summed E-state index contributed by atoms with van der Waals surface area (Å²) in [6.45, 7) is -0.118. The molecule has 4 rings (SSSR count). The fourth-order valence-corrected chi connectivity index (χ4v) is 5.87. The summed E-state index contributed by atoms with van der Waals surface area (Å²) in [5, 5.41) is 127. The minimum absolute atomic E-state index is 0.695. The Balaban J connectivity index is 1.67. The topological polar surface area (TPSA) is 336 Å². The van der Waals surface area contributed by atoms with Crippen molar-refractivity contribution in [3.63, 3.8) is 0 Å². The Bertz CT molecular complexity index is 1010. The van der Waals surface area contributed by atoms with E-state index in [0.717, 1.165) is 6.92 Å². The number of carbonyl (C=O) groups is 1. The molecule has 0 aromatic heterocycles. The molecule has 20 atom stereocenters. The van der Waals surface area contributed by atoms with Gasteiger partial charge in [0, 0.05) is 6.92 Å². The van der Waals surface area contributed by atoms with Gasteiger partial charge in [0.1, 0.15) is 91.5 Å². The van der Waals surface area contributed by atoms with Crippen molar-refractivity contribution in [2.45, 2.75) is 137 Å². The van der Waals surface area contributed by atoms with Crippen molar-refractivity contribution in [1.82, 2.24) is 5.32 Å². The second-order valence-corrected chi connectivity index (χ2v) is 11.9. The average Bonchev–Trinajstić information content (AvgIpc) is 3.04. The highest BCUT2D eigenvalue weighted by Crippen LogP contribution is 2.35. The Hall–Kier alpha value is -1.29. The van der Waals surface area contributed by atoms with Crippen molar-refractivity contribution in [2.24, 2.45) is 0 Å². The second kappa shape index (κ2) is 16.2. The standard InChI is InChI=1S/C26H45NO20/c1-6-12(32)15(35)17(37)24(41-6)47-22-19(39)20(45-25-18(38)16(36)13(33)8(3-28)43-25)10(5-30)44-26(22)46-21-11(27-7(2)31)23(40)42-9(4-29)14(21)34/h6,8-26,28-30,32-40H,3-5H2,1-2H3,(H,27,31)/t6-,8+,9+,10+,11+,12+,13-,14-,15+,16-,17-,18+,19-,20-,21+,22+,23-,24-,25-,26-/m0/s1. The molecule has 0 aromatic rings. The number of nitrogens with one attached hydrogen (secondary N) is 1. The molecule has 0 aromatic carbocycles. The lowest BCUT2D eigenvalue weighted by Crippen LogP contribution is -2.69.